The number of nitrogens with one attached hydrogen (secondary N) is 1. The molecular formula is C23H27NO5S. The smallest absolute Gasteiger partial charge is 0.337 e. The van der Waals surface area contributed by atoms with Crippen LogP contribution in [0.5, 0.6) is 0 Å². The van der Waals surface area contributed by atoms with Gasteiger partial charge in [-0.3, -0.25) is 4.79 Å². The van der Waals surface area contributed by atoms with Crippen molar-refractivity contribution in [3.05, 3.63) is 58.7 Å². The molecule has 1 aliphatic carbocycles. The summed E-state index contributed by atoms with van der Waals surface area (Å²) in [6, 6.07) is 10.1. The first-order chi connectivity index (χ1) is 14.1. The lowest BCUT2D eigenvalue weighted by Crippen LogP contribution is -2.47. The summed E-state index contributed by atoms with van der Waals surface area (Å²) in [4.78, 5) is 25.5. The van der Waals surface area contributed by atoms with Gasteiger partial charge in [-0.25, -0.2) is 13.2 Å². The first-order valence-corrected chi connectivity index (χ1v) is 11.4. The van der Waals surface area contributed by atoms with Crippen molar-refractivity contribution in [1.29, 1.82) is 0 Å². The molecule has 30 heavy (non-hydrogen) atoms. The maximum Gasteiger partial charge on any atom is 0.337 e. The van der Waals surface area contributed by atoms with Gasteiger partial charge in [0.1, 0.15) is 0 Å². The van der Waals surface area contributed by atoms with Crippen molar-refractivity contribution in [3.8, 4) is 0 Å². The number of methoxy groups -OCH3 is 1. The average molecular weight is 430 g/mol. The molecule has 7 heteroatoms. The minimum absolute atomic E-state index is 0.208. The molecular weight excluding hydrogens is 402 g/mol. The first-order valence-electron chi connectivity index (χ1n) is 9.95. The summed E-state index contributed by atoms with van der Waals surface area (Å²) in [5, 5.41) is 2.80. The molecule has 1 N–H and O–H groups in total. The lowest BCUT2D eigenvalue weighted by Gasteiger charge is -2.29. The number of anilines is 1. The van der Waals surface area contributed by atoms with Crippen LogP contribution in [0, 0.1) is 20.8 Å². The van der Waals surface area contributed by atoms with Crippen molar-refractivity contribution >= 4 is 27.4 Å². The van der Waals surface area contributed by atoms with E-state index < -0.39 is 26.5 Å². The molecule has 3 rings (SSSR count). The quantitative estimate of drug-likeness (QED) is 0.722. The summed E-state index contributed by atoms with van der Waals surface area (Å²) in [5.41, 5.74) is 2.88. The number of benzene rings is 2. The minimum atomic E-state index is -3.92. The van der Waals surface area contributed by atoms with Crippen LogP contribution < -0.4 is 5.32 Å². The highest BCUT2D eigenvalue weighted by atomic mass is 32.2. The monoisotopic (exact) mass is 429 g/mol. The van der Waals surface area contributed by atoms with E-state index >= 15 is 0 Å². The molecule has 0 heterocycles. The largest absolute Gasteiger partial charge is 0.465 e. The molecule has 0 radical (unpaired) electrons. The number of hydrogen-bond donors (Lipinski definition) is 1. The number of rotatable bonds is 5. The van der Waals surface area contributed by atoms with E-state index in [1.165, 1.54) is 13.2 Å². The molecule has 1 aliphatic rings. The fourth-order valence-electron chi connectivity index (χ4n) is 4.01. The molecule has 0 unspecified atom stereocenters. The number of ether oxygens (including phenoxy) is 1. The zero-order chi connectivity index (χ0) is 22.1. The topological polar surface area (TPSA) is 89.5 Å². The number of carbonyl (C=O) groups excluding carboxylic acids is 2. The Bertz CT molecular complexity index is 1100. The van der Waals surface area contributed by atoms with Gasteiger partial charge in [-0.15, -0.1) is 0 Å². The van der Waals surface area contributed by atoms with Gasteiger partial charge in [0.05, 0.1) is 17.6 Å². The second-order valence-electron chi connectivity index (χ2n) is 7.95. The van der Waals surface area contributed by atoms with Crippen LogP contribution in [0.4, 0.5) is 5.69 Å². The maximum atomic E-state index is 13.7. The van der Waals surface area contributed by atoms with Crippen LogP contribution in [0.3, 0.4) is 0 Å². The van der Waals surface area contributed by atoms with E-state index in [1.54, 1.807) is 38.1 Å². The van der Waals surface area contributed by atoms with Crippen LogP contribution in [0.1, 0.15) is 52.7 Å². The van der Waals surface area contributed by atoms with Crippen molar-refractivity contribution in [1.82, 2.24) is 0 Å². The molecule has 0 aliphatic heterocycles. The third kappa shape index (κ3) is 3.74. The molecule has 2 aromatic rings. The van der Waals surface area contributed by atoms with E-state index in [0.717, 1.165) is 11.1 Å². The highest BCUT2D eigenvalue weighted by Crippen LogP contribution is 2.42. The molecule has 1 amide bonds. The molecule has 0 atom stereocenters. The Hall–Kier alpha value is -2.67. The summed E-state index contributed by atoms with van der Waals surface area (Å²) in [7, 11) is -2.64. The predicted octanol–water partition coefficient (Wildman–Crippen LogP) is 4.12. The molecule has 6 nitrogen and oxygen atoms in total. The zero-order valence-corrected chi connectivity index (χ0v) is 18.6. The summed E-state index contributed by atoms with van der Waals surface area (Å²) >= 11 is 0. The zero-order valence-electron chi connectivity index (χ0n) is 17.7. The number of carbonyl (C=O) groups is 2. The Morgan fingerprint density at radius 1 is 0.967 bits per heavy atom. The average Bonchev–Trinajstić information content (AvgIpc) is 3.22. The minimum Gasteiger partial charge on any atom is -0.465 e. The fraction of sp³-hybridized carbons (Fsp3) is 0.391. The molecule has 2 aromatic carbocycles. The van der Waals surface area contributed by atoms with Gasteiger partial charge in [0, 0.05) is 5.69 Å². The molecule has 160 valence electrons. The second-order valence-corrected chi connectivity index (χ2v) is 10.2. The van der Waals surface area contributed by atoms with E-state index in [9.17, 15) is 18.0 Å². The Balaban J connectivity index is 2.04. The van der Waals surface area contributed by atoms with E-state index in [0.29, 0.717) is 24.1 Å². The van der Waals surface area contributed by atoms with Gasteiger partial charge >= 0.3 is 5.97 Å². The molecule has 0 bridgehead atoms. The second kappa shape index (κ2) is 8.22. The fourth-order valence-corrected chi connectivity index (χ4v) is 6.38. The van der Waals surface area contributed by atoms with Gasteiger partial charge < -0.3 is 10.1 Å². The van der Waals surface area contributed by atoms with Crippen LogP contribution in [0.2, 0.25) is 0 Å². The molecule has 1 fully saturated rings. The molecule has 0 aromatic heterocycles. The summed E-state index contributed by atoms with van der Waals surface area (Å²) < 4.78 is 30.7. The lowest BCUT2D eigenvalue weighted by atomic mass is 10.0. The SMILES string of the molecule is COC(=O)c1ccc(C)c(NC(=O)C2(S(=O)(=O)c3cc(C)ccc3C)CCCC2)c1. The number of aryl methyl sites for hydroxylation is 3. The van der Waals surface area contributed by atoms with Crippen molar-refractivity contribution in [3.63, 3.8) is 0 Å². The van der Waals surface area contributed by atoms with Gasteiger partial charge in [-0.2, -0.15) is 0 Å². The summed E-state index contributed by atoms with van der Waals surface area (Å²) in [5.74, 6) is -1.07. The number of amides is 1. The van der Waals surface area contributed by atoms with Gasteiger partial charge in [-0.1, -0.05) is 31.0 Å². The molecule has 0 saturated heterocycles. The molecule has 1 saturated carbocycles. The number of esters is 1. The maximum absolute atomic E-state index is 13.7. The van der Waals surface area contributed by atoms with Crippen LogP contribution >= 0.6 is 0 Å². The van der Waals surface area contributed by atoms with Gasteiger partial charge in [0.2, 0.25) is 5.91 Å². The Morgan fingerprint density at radius 2 is 1.60 bits per heavy atom. The Kier molecular flexibility index (Phi) is 6.04. The normalized spacial score (nSPS) is 15.6. The Morgan fingerprint density at radius 3 is 2.23 bits per heavy atom. The van der Waals surface area contributed by atoms with Crippen LogP contribution in [-0.4, -0.2) is 32.2 Å². The van der Waals surface area contributed by atoms with Crippen LogP contribution in [0.15, 0.2) is 41.3 Å². The van der Waals surface area contributed by atoms with Crippen molar-refractivity contribution < 1.29 is 22.7 Å². The van der Waals surface area contributed by atoms with Crippen LogP contribution in [-0.2, 0) is 19.4 Å². The van der Waals surface area contributed by atoms with Crippen molar-refractivity contribution in [2.75, 3.05) is 12.4 Å². The van der Waals surface area contributed by atoms with Gasteiger partial charge in [-0.05, 0) is 68.5 Å². The van der Waals surface area contributed by atoms with E-state index in [4.69, 9.17) is 4.74 Å². The van der Waals surface area contributed by atoms with Crippen LogP contribution in [0.25, 0.3) is 0 Å². The standard InChI is InChI=1S/C23H27NO5S/c1-15-7-8-17(3)20(13-15)30(27,28)23(11-5-6-12-23)22(26)24-19-14-18(21(25)29-4)10-9-16(19)2/h7-10,13-14H,5-6,11-12H2,1-4H3,(H,24,26). The lowest BCUT2D eigenvalue weighted by molar-refractivity contribution is -0.118. The third-order valence-corrected chi connectivity index (χ3v) is 8.52. The van der Waals surface area contributed by atoms with E-state index in [-0.39, 0.29) is 23.3 Å². The Labute approximate surface area is 177 Å². The summed E-state index contributed by atoms with van der Waals surface area (Å²) in [6.45, 7) is 5.37. The predicted molar refractivity (Wildman–Crippen MR) is 115 cm³/mol. The molecule has 0 spiro atoms. The van der Waals surface area contributed by atoms with Gasteiger partial charge in [0.15, 0.2) is 14.6 Å². The van der Waals surface area contributed by atoms with E-state index in [2.05, 4.69) is 5.32 Å². The van der Waals surface area contributed by atoms with Gasteiger partial charge in [0.25, 0.3) is 0 Å². The number of hydrogen-bond acceptors (Lipinski definition) is 5. The summed E-state index contributed by atoms with van der Waals surface area (Å²) in [6.07, 6.45) is 1.87. The van der Waals surface area contributed by atoms with E-state index in [1.807, 2.05) is 13.0 Å². The highest BCUT2D eigenvalue weighted by Gasteiger charge is 2.53. The van der Waals surface area contributed by atoms with Crippen molar-refractivity contribution in [2.24, 2.45) is 0 Å². The first kappa shape index (κ1) is 22.0. The highest BCUT2D eigenvalue weighted by molar-refractivity contribution is 7.93. The van der Waals surface area contributed by atoms with Crippen molar-refractivity contribution in [2.45, 2.75) is 56.1 Å². The third-order valence-electron chi connectivity index (χ3n) is 5.88. The number of sulfone groups is 1.